The number of nitrogens with zero attached hydrogens (tertiary/aromatic N) is 4. The summed E-state index contributed by atoms with van der Waals surface area (Å²) < 4.78 is 5.98. The largest absolute Gasteiger partial charge is 0.487 e. The van der Waals surface area contributed by atoms with E-state index in [9.17, 15) is 0 Å². The van der Waals surface area contributed by atoms with Crippen LogP contribution in [0.5, 0.6) is 5.75 Å². The van der Waals surface area contributed by atoms with Crippen molar-refractivity contribution in [1.29, 1.82) is 0 Å². The second kappa shape index (κ2) is 11.9. The molecule has 2 saturated carbocycles. The molecule has 0 spiro atoms. The minimum absolute atomic E-state index is 0.0677. The topological polar surface area (TPSA) is 76.6 Å². The van der Waals surface area contributed by atoms with Crippen LogP contribution in [0, 0.1) is 11.8 Å². The zero-order valence-corrected chi connectivity index (χ0v) is 21.8. The number of aromatic amines is 1. The molecule has 0 saturated heterocycles. The van der Waals surface area contributed by atoms with E-state index >= 15 is 0 Å². The molecule has 3 unspecified atom stereocenters. The van der Waals surface area contributed by atoms with Gasteiger partial charge in [0.2, 0.25) is 5.82 Å². The summed E-state index contributed by atoms with van der Waals surface area (Å²) in [5.41, 5.74) is 4.77. The van der Waals surface area contributed by atoms with E-state index in [1.807, 2.05) is 45.9 Å². The SMILES string of the molecule is CC.CC.c1ccc(COc2ccc(C3(c4ccc(-c5nn[nH]n5)cc4)CC4CCC3C4)cc2)nc1. The molecule has 0 amide bonds. The van der Waals surface area contributed by atoms with E-state index in [-0.39, 0.29) is 5.41 Å². The highest BCUT2D eigenvalue weighted by Gasteiger charge is 2.52. The number of pyridine rings is 1. The van der Waals surface area contributed by atoms with E-state index in [4.69, 9.17) is 4.74 Å². The molecular formula is C30H37N5O. The van der Waals surface area contributed by atoms with Crippen molar-refractivity contribution in [3.63, 3.8) is 0 Å². The maximum atomic E-state index is 5.98. The van der Waals surface area contributed by atoms with Crippen LogP contribution in [0.2, 0.25) is 0 Å². The lowest BCUT2D eigenvalue weighted by atomic mass is 9.64. The van der Waals surface area contributed by atoms with Crippen molar-refractivity contribution in [2.24, 2.45) is 11.8 Å². The van der Waals surface area contributed by atoms with Gasteiger partial charge in [-0.1, -0.05) is 76.6 Å². The van der Waals surface area contributed by atoms with E-state index in [0.717, 1.165) is 22.9 Å². The Bertz CT molecular complexity index is 1180. The molecule has 6 heteroatoms. The summed E-state index contributed by atoms with van der Waals surface area (Å²) in [5, 5.41) is 14.4. The van der Waals surface area contributed by atoms with Gasteiger partial charge in [0.1, 0.15) is 12.4 Å². The first-order chi connectivity index (χ1) is 17.8. The van der Waals surface area contributed by atoms with Crippen molar-refractivity contribution in [1.82, 2.24) is 25.6 Å². The number of benzene rings is 2. The van der Waals surface area contributed by atoms with Gasteiger partial charge < -0.3 is 4.74 Å². The van der Waals surface area contributed by atoms with Gasteiger partial charge in [-0.15, -0.1) is 10.2 Å². The molecule has 36 heavy (non-hydrogen) atoms. The molecule has 1 N–H and O–H groups in total. The lowest BCUT2D eigenvalue weighted by Gasteiger charge is -2.39. The molecule has 2 aromatic heterocycles. The van der Waals surface area contributed by atoms with Crippen molar-refractivity contribution < 1.29 is 4.74 Å². The Hall–Kier alpha value is -3.54. The van der Waals surface area contributed by atoms with Crippen LogP contribution in [0.25, 0.3) is 11.4 Å². The summed E-state index contributed by atoms with van der Waals surface area (Å²) in [5.74, 6) is 3.01. The summed E-state index contributed by atoms with van der Waals surface area (Å²) in [6.07, 6.45) is 7.00. The third kappa shape index (κ3) is 5.03. The fourth-order valence-corrected chi connectivity index (χ4v) is 5.89. The third-order valence-electron chi connectivity index (χ3n) is 7.33. The van der Waals surface area contributed by atoms with Gasteiger partial charge >= 0.3 is 0 Å². The summed E-state index contributed by atoms with van der Waals surface area (Å²) >= 11 is 0. The second-order valence-corrected chi connectivity index (χ2v) is 9.00. The van der Waals surface area contributed by atoms with Gasteiger partial charge in [-0.2, -0.15) is 5.21 Å². The quantitative estimate of drug-likeness (QED) is 0.319. The number of H-pyrrole nitrogens is 1. The lowest BCUT2D eigenvalue weighted by Crippen LogP contribution is -2.34. The number of aromatic nitrogens is 5. The Balaban J connectivity index is 0.000000726. The van der Waals surface area contributed by atoms with Crippen LogP contribution in [-0.4, -0.2) is 25.6 Å². The molecule has 2 aliphatic carbocycles. The summed E-state index contributed by atoms with van der Waals surface area (Å²) in [6.45, 7) is 8.48. The number of tetrazole rings is 1. The summed E-state index contributed by atoms with van der Waals surface area (Å²) in [6, 6.07) is 23.4. The van der Waals surface area contributed by atoms with Crippen molar-refractivity contribution in [2.75, 3.05) is 0 Å². The molecule has 6 nitrogen and oxygen atoms in total. The molecule has 4 aromatic rings. The predicted octanol–water partition coefficient (Wildman–Crippen LogP) is 7.00. The number of hydrogen-bond donors (Lipinski definition) is 1. The van der Waals surface area contributed by atoms with Crippen LogP contribution >= 0.6 is 0 Å². The highest BCUT2D eigenvalue weighted by molar-refractivity contribution is 5.56. The number of ether oxygens (including phenoxy) is 1. The van der Waals surface area contributed by atoms with Crippen LogP contribution in [0.4, 0.5) is 0 Å². The maximum absolute atomic E-state index is 5.98. The van der Waals surface area contributed by atoms with Crippen LogP contribution in [0.3, 0.4) is 0 Å². The van der Waals surface area contributed by atoms with E-state index in [1.54, 1.807) is 6.20 Å². The third-order valence-corrected chi connectivity index (χ3v) is 7.33. The molecule has 3 atom stereocenters. The first-order valence-corrected chi connectivity index (χ1v) is 13.3. The highest BCUT2D eigenvalue weighted by atomic mass is 16.5. The average molecular weight is 484 g/mol. The van der Waals surface area contributed by atoms with E-state index in [1.165, 1.54) is 36.8 Å². The zero-order valence-electron chi connectivity index (χ0n) is 21.8. The number of fused-ring (bicyclic) bond motifs is 2. The molecule has 6 rings (SSSR count). The standard InChI is InChI=1S/C26H25N5O.2C2H6/c1-2-14-27-23(3-1)17-32-24-12-10-21(11-13-24)26(16-18-4-7-22(26)15-18)20-8-5-19(6-9-20)25-28-30-31-29-25;2*1-2/h1-3,5-6,8-14,18,22H,4,7,15-17H2,(H,28,29,30,31);2*1-2H3. The summed E-state index contributed by atoms with van der Waals surface area (Å²) in [4.78, 5) is 4.34. The first kappa shape index (κ1) is 25.5. The van der Waals surface area contributed by atoms with Crippen molar-refractivity contribution in [3.05, 3.63) is 89.7 Å². The number of rotatable bonds is 6. The Morgan fingerprint density at radius 1 is 0.889 bits per heavy atom. The molecule has 2 fully saturated rings. The molecular weight excluding hydrogens is 446 g/mol. The van der Waals surface area contributed by atoms with Crippen LogP contribution in [0.1, 0.15) is 70.2 Å². The van der Waals surface area contributed by atoms with E-state index < -0.39 is 0 Å². The smallest absolute Gasteiger partial charge is 0.204 e. The van der Waals surface area contributed by atoms with Gasteiger partial charge in [-0.25, -0.2) is 0 Å². The minimum Gasteiger partial charge on any atom is -0.487 e. The molecule has 2 heterocycles. The maximum Gasteiger partial charge on any atom is 0.204 e. The van der Waals surface area contributed by atoms with E-state index in [2.05, 4.69) is 74.1 Å². The zero-order chi connectivity index (χ0) is 25.4. The van der Waals surface area contributed by atoms with Crippen LogP contribution in [0.15, 0.2) is 72.9 Å². The molecule has 2 aromatic carbocycles. The normalized spacial score (nSPS) is 21.7. The second-order valence-electron chi connectivity index (χ2n) is 9.00. The Morgan fingerprint density at radius 2 is 1.61 bits per heavy atom. The van der Waals surface area contributed by atoms with Crippen LogP contribution in [-0.2, 0) is 12.0 Å². The molecule has 2 aliphatic rings. The Morgan fingerprint density at radius 3 is 2.17 bits per heavy atom. The molecule has 188 valence electrons. The van der Waals surface area contributed by atoms with Crippen molar-refractivity contribution >= 4 is 0 Å². The Kier molecular flexibility index (Phi) is 8.47. The molecule has 2 bridgehead atoms. The molecule has 0 aliphatic heterocycles. The predicted molar refractivity (Wildman–Crippen MR) is 144 cm³/mol. The van der Waals surface area contributed by atoms with E-state index in [0.29, 0.717) is 18.3 Å². The van der Waals surface area contributed by atoms with Crippen LogP contribution < -0.4 is 4.74 Å². The van der Waals surface area contributed by atoms with Crippen molar-refractivity contribution in [2.45, 2.75) is 65.4 Å². The van der Waals surface area contributed by atoms with Gasteiger partial charge in [-0.05, 0) is 71.7 Å². The first-order valence-electron chi connectivity index (χ1n) is 13.3. The average Bonchev–Trinajstić information content (AvgIpc) is 3.74. The van der Waals surface area contributed by atoms with Gasteiger partial charge in [0.25, 0.3) is 0 Å². The lowest BCUT2D eigenvalue weighted by molar-refractivity contribution is 0.299. The van der Waals surface area contributed by atoms with Gasteiger partial charge in [0.15, 0.2) is 0 Å². The van der Waals surface area contributed by atoms with Gasteiger partial charge in [0.05, 0.1) is 5.69 Å². The minimum atomic E-state index is 0.0677. The number of hydrogen-bond acceptors (Lipinski definition) is 5. The monoisotopic (exact) mass is 483 g/mol. The fraction of sp³-hybridized carbons (Fsp3) is 0.400. The fourth-order valence-electron chi connectivity index (χ4n) is 5.89. The summed E-state index contributed by atoms with van der Waals surface area (Å²) in [7, 11) is 0. The van der Waals surface area contributed by atoms with Gasteiger partial charge in [-0.3, -0.25) is 4.98 Å². The van der Waals surface area contributed by atoms with Gasteiger partial charge in [0, 0.05) is 17.2 Å². The number of nitrogens with one attached hydrogen (secondary N) is 1. The highest BCUT2D eigenvalue weighted by Crippen LogP contribution is 2.60. The Labute approximate surface area is 214 Å². The van der Waals surface area contributed by atoms with Crippen molar-refractivity contribution in [3.8, 4) is 17.1 Å². The molecule has 0 radical (unpaired) electrons.